The van der Waals surface area contributed by atoms with Crippen LogP contribution in [0, 0.1) is 11.7 Å². The summed E-state index contributed by atoms with van der Waals surface area (Å²) < 4.78 is 13.2. The maximum Gasteiger partial charge on any atom is 0.125 e. The Balaban J connectivity index is 2.18. The van der Waals surface area contributed by atoms with Crippen molar-refractivity contribution in [3.63, 3.8) is 0 Å². The number of anilines is 1. The van der Waals surface area contributed by atoms with Crippen molar-refractivity contribution in [2.24, 2.45) is 5.92 Å². The summed E-state index contributed by atoms with van der Waals surface area (Å²) in [5, 5.41) is 3.47. The van der Waals surface area contributed by atoms with E-state index in [1.54, 1.807) is 12.1 Å². The van der Waals surface area contributed by atoms with Crippen molar-refractivity contribution >= 4 is 5.69 Å². The average molecular weight is 222 g/mol. The monoisotopic (exact) mass is 222 g/mol. The topological polar surface area (TPSA) is 15.3 Å². The summed E-state index contributed by atoms with van der Waals surface area (Å²) in [6.45, 7) is 7.35. The molecule has 2 atom stereocenters. The lowest BCUT2D eigenvalue weighted by atomic mass is 10.1. The highest BCUT2D eigenvalue weighted by Crippen LogP contribution is 2.18. The molecule has 16 heavy (non-hydrogen) atoms. The van der Waals surface area contributed by atoms with Crippen molar-refractivity contribution in [3.05, 3.63) is 30.1 Å². The number of nitrogens with zero attached hydrogens (tertiary/aromatic N) is 1. The molecule has 0 spiro atoms. The molecule has 0 aliphatic carbocycles. The molecule has 0 aromatic heterocycles. The standard InChI is InChI=1S/C13H19FN2/c1-10-7-15-11(2)9-16(8-10)13-5-3-4-12(14)6-13/h3-6,10-11,15H,7-9H2,1-2H3. The SMILES string of the molecule is CC1CNC(C)CN(c2cccc(F)c2)C1. The van der Waals surface area contributed by atoms with E-state index >= 15 is 0 Å². The van der Waals surface area contributed by atoms with E-state index < -0.39 is 0 Å². The summed E-state index contributed by atoms with van der Waals surface area (Å²) in [4.78, 5) is 2.26. The van der Waals surface area contributed by atoms with Crippen LogP contribution in [0.4, 0.5) is 10.1 Å². The van der Waals surface area contributed by atoms with E-state index in [4.69, 9.17) is 0 Å². The minimum atomic E-state index is -0.157. The van der Waals surface area contributed by atoms with E-state index in [1.165, 1.54) is 6.07 Å². The molecule has 0 saturated carbocycles. The third kappa shape index (κ3) is 2.73. The van der Waals surface area contributed by atoms with Crippen LogP contribution >= 0.6 is 0 Å². The third-order valence-electron chi connectivity index (χ3n) is 3.01. The van der Waals surface area contributed by atoms with Crippen molar-refractivity contribution in [2.45, 2.75) is 19.9 Å². The summed E-state index contributed by atoms with van der Waals surface area (Å²) in [7, 11) is 0. The average Bonchev–Trinajstić information content (AvgIpc) is 2.41. The van der Waals surface area contributed by atoms with Crippen LogP contribution in [-0.2, 0) is 0 Å². The molecular formula is C13H19FN2. The Morgan fingerprint density at radius 3 is 2.88 bits per heavy atom. The van der Waals surface area contributed by atoms with Crippen molar-refractivity contribution in [3.8, 4) is 0 Å². The minimum Gasteiger partial charge on any atom is -0.370 e. The van der Waals surface area contributed by atoms with Gasteiger partial charge < -0.3 is 10.2 Å². The highest BCUT2D eigenvalue weighted by Gasteiger charge is 2.18. The van der Waals surface area contributed by atoms with Gasteiger partial charge in [-0.15, -0.1) is 0 Å². The fourth-order valence-electron chi connectivity index (χ4n) is 2.20. The van der Waals surface area contributed by atoms with Crippen LogP contribution < -0.4 is 10.2 Å². The first-order chi connectivity index (χ1) is 7.65. The maximum atomic E-state index is 13.2. The van der Waals surface area contributed by atoms with Gasteiger partial charge in [-0.05, 0) is 37.6 Å². The van der Waals surface area contributed by atoms with Crippen molar-refractivity contribution < 1.29 is 4.39 Å². The number of hydrogen-bond acceptors (Lipinski definition) is 2. The lowest BCUT2D eigenvalue weighted by Gasteiger charge is -2.26. The zero-order valence-corrected chi connectivity index (χ0v) is 9.91. The Morgan fingerprint density at radius 2 is 2.12 bits per heavy atom. The van der Waals surface area contributed by atoms with Crippen molar-refractivity contribution in [1.82, 2.24) is 5.32 Å². The van der Waals surface area contributed by atoms with Crippen LogP contribution in [0.1, 0.15) is 13.8 Å². The van der Waals surface area contributed by atoms with Gasteiger partial charge in [0.15, 0.2) is 0 Å². The summed E-state index contributed by atoms with van der Waals surface area (Å²) in [5.41, 5.74) is 0.988. The van der Waals surface area contributed by atoms with Gasteiger partial charge in [0.2, 0.25) is 0 Å². The molecule has 3 heteroatoms. The first-order valence-corrected chi connectivity index (χ1v) is 5.89. The Hall–Kier alpha value is -1.09. The predicted octanol–water partition coefficient (Wildman–Crippen LogP) is 2.26. The van der Waals surface area contributed by atoms with Gasteiger partial charge in [-0.1, -0.05) is 13.0 Å². The van der Waals surface area contributed by atoms with Gasteiger partial charge >= 0.3 is 0 Å². The Labute approximate surface area is 96.5 Å². The number of benzene rings is 1. The molecule has 1 aliphatic heterocycles. The smallest absolute Gasteiger partial charge is 0.125 e. The predicted molar refractivity (Wildman–Crippen MR) is 65.2 cm³/mol. The van der Waals surface area contributed by atoms with Crippen LogP contribution in [0.5, 0.6) is 0 Å². The third-order valence-corrected chi connectivity index (χ3v) is 3.01. The van der Waals surface area contributed by atoms with Crippen LogP contribution in [0.15, 0.2) is 24.3 Å². The van der Waals surface area contributed by atoms with E-state index in [0.717, 1.165) is 25.3 Å². The second kappa shape index (κ2) is 4.83. The molecule has 1 fully saturated rings. The van der Waals surface area contributed by atoms with E-state index in [1.807, 2.05) is 6.07 Å². The molecule has 2 nitrogen and oxygen atoms in total. The molecule has 1 aromatic carbocycles. The molecule has 0 bridgehead atoms. The van der Waals surface area contributed by atoms with Gasteiger partial charge in [-0.3, -0.25) is 0 Å². The second-order valence-electron chi connectivity index (χ2n) is 4.80. The molecule has 0 amide bonds. The molecule has 1 N–H and O–H groups in total. The van der Waals surface area contributed by atoms with Crippen LogP contribution in [-0.4, -0.2) is 25.7 Å². The highest BCUT2D eigenvalue weighted by atomic mass is 19.1. The van der Waals surface area contributed by atoms with Gasteiger partial charge in [0.1, 0.15) is 5.82 Å². The zero-order valence-electron chi connectivity index (χ0n) is 9.91. The van der Waals surface area contributed by atoms with Gasteiger partial charge in [-0.25, -0.2) is 4.39 Å². The molecule has 2 unspecified atom stereocenters. The Kier molecular flexibility index (Phi) is 3.44. The van der Waals surface area contributed by atoms with E-state index in [-0.39, 0.29) is 5.82 Å². The van der Waals surface area contributed by atoms with Gasteiger partial charge in [-0.2, -0.15) is 0 Å². The molecule has 1 saturated heterocycles. The van der Waals surface area contributed by atoms with Gasteiger partial charge in [0.05, 0.1) is 0 Å². The van der Waals surface area contributed by atoms with Crippen LogP contribution in [0.2, 0.25) is 0 Å². The van der Waals surface area contributed by atoms with Crippen molar-refractivity contribution in [1.29, 1.82) is 0 Å². The first-order valence-electron chi connectivity index (χ1n) is 5.89. The van der Waals surface area contributed by atoms with E-state index in [0.29, 0.717) is 12.0 Å². The summed E-state index contributed by atoms with van der Waals surface area (Å²) >= 11 is 0. The largest absolute Gasteiger partial charge is 0.370 e. The molecule has 2 rings (SSSR count). The highest BCUT2D eigenvalue weighted by molar-refractivity contribution is 5.46. The Bertz CT molecular complexity index is 342. The molecule has 1 aromatic rings. The summed E-state index contributed by atoms with van der Waals surface area (Å²) in [6, 6.07) is 7.32. The summed E-state index contributed by atoms with van der Waals surface area (Å²) in [6.07, 6.45) is 0. The number of halogens is 1. The zero-order chi connectivity index (χ0) is 11.5. The maximum absolute atomic E-state index is 13.2. The first kappa shape index (κ1) is 11.4. The van der Waals surface area contributed by atoms with E-state index in [9.17, 15) is 4.39 Å². The fourth-order valence-corrected chi connectivity index (χ4v) is 2.20. The normalized spacial score (nSPS) is 26.6. The molecule has 1 heterocycles. The lowest BCUT2D eigenvalue weighted by molar-refractivity contribution is 0.525. The summed E-state index contributed by atoms with van der Waals surface area (Å²) in [5.74, 6) is 0.434. The Morgan fingerprint density at radius 1 is 1.31 bits per heavy atom. The minimum absolute atomic E-state index is 0.157. The molecule has 0 radical (unpaired) electrons. The van der Waals surface area contributed by atoms with Crippen LogP contribution in [0.3, 0.4) is 0 Å². The van der Waals surface area contributed by atoms with Gasteiger partial charge in [0, 0.05) is 24.8 Å². The molecule has 88 valence electrons. The lowest BCUT2D eigenvalue weighted by Crippen LogP contribution is -2.35. The fraction of sp³-hybridized carbons (Fsp3) is 0.538. The van der Waals surface area contributed by atoms with E-state index in [2.05, 4.69) is 24.1 Å². The molecule has 1 aliphatic rings. The van der Waals surface area contributed by atoms with Crippen molar-refractivity contribution in [2.75, 3.05) is 24.5 Å². The molecular weight excluding hydrogens is 203 g/mol. The number of rotatable bonds is 1. The number of hydrogen-bond donors (Lipinski definition) is 1. The van der Waals surface area contributed by atoms with Crippen LogP contribution in [0.25, 0.3) is 0 Å². The second-order valence-corrected chi connectivity index (χ2v) is 4.80. The van der Waals surface area contributed by atoms with Gasteiger partial charge in [0.25, 0.3) is 0 Å². The quantitative estimate of drug-likeness (QED) is 0.784. The number of nitrogens with one attached hydrogen (secondary N) is 1.